The maximum Gasteiger partial charge on any atom is 0.435 e. The number of imidazole rings is 1. The van der Waals surface area contributed by atoms with Crippen molar-refractivity contribution in [2.24, 2.45) is 0 Å². The van der Waals surface area contributed by atoms with Crippen LogP contribution in [0.5, 0.6) is 5.75 Å². The molecule has 1 radical (unpaired) electrons. The number of H-pyrrole nitrogens is 1. The molecule has 0 fully saturated rings. The van der Waals surface area contributed by atoms with Crippen molar-refractivity contribution in [2.45, 2.75) is 12.1 Å². The van der Waals surface area contributed by atoms with Gasteiger partial charge in [0.15, 0.2) is 5.69 Å². The number of halogens is 3. The number of nitrogens with one attached hydrogen (secondary N) is 1. The van der Waals surface area contributed by atoms with Gasteiger partial charge in [-0.1, -0.05) is 12.1 Å². The van der Waals surface area contributed by atoms with Crippen LogP contribution in [0.25, 0.3) is 5.69 Å². The largest absolute Gasteiger partial charge is 0.497 e. The van der Waals surface area contributed by atoms with Crippen LogP contribution in [-0.2, 0) is 6.18 Å². The Kier molecular flexibility index (Phi) is 5.15. The number of hydrogen-bond acceptors (Lipinski definition) is 4. The number of aromatic nitrogens is 4. The molecule has 1 aliphatic heterocycles. The SMILES string of the molecule is [CH2]c1nccn1-c1ccc(N2CC(c3ccc(OC)cc3)c3c(C(F)(F)F)n[nH]c3C2=O)cc1. The zero-order valence-electron chi connectivity index (χ0n) is 18.0. The highest BCUT2D eigenvalue weighted by Crippen LogP contribution is 2.42. The Morgan fingerprint density at radius 3 is 2.35 bits per heavy atom. The second kappa shape index (κ2) is 8.05. The second-order valence-electron chi connectivity index (χ2n) is 7.83. The van der Waals surface area contributed by atoms with Crippen LogP contribution in [0, 0.1) is 6.92 Å². The summed E-state index contributed by atoms with van der Waals surface area (Å²) in [5.74, 6) is -0.177. The third kappa shape index (κ3) is 3.60. The first kappa shape index (κ1) is 21.7. The molecule has 34 heavy (non-hydrogen) atoms. The zero-order valence-corrected chi connectivity index (χ0v) is 18.0. The van der Waals surface area contributed by atoms with E-state index in [1.165, 1.54) is 12.0 Å². The average molecular weight is 466 g/mol. The molecular weight excluding hydrogens is 447 g/mol. The van der Waals surface area contributed by atoms with Gasteiger partial charge in [0.2, 0.25) is 0 Å². The van der Waals surface area contributed by atoms with Crippen LogP contribution in [0.15, 0.2) is 60.9 Å². The summed E-state index contributed by atoms with van der Waals surface area (Å²) in [4.78, 5) is 18.8. The normalized spacial score (nSPS) is 16.0. The van der Waals surface area contributed by atoms with E-state index in [1.807, 2.05) is 0 Å². The van der Waals surface area contributed by atoms with Crippen molar-refractivity contribution >= 4 is 11.6 Å². The number of carbonyl (C=O) groups excluding carboxylic acids is 1. The van der Waals surface area contributed by atoms with E-state index in [0.29, 0.717) is 22.8 Å². The highest BCUT2D eigenvalue weighted by atomic mass is 19.4. The number of methoxy groups -OCH3 is 1. The predicted octanol–water partition coefficient (Wildman–Crippen LogP) is 4.60. The molecule has 0 spiro atoms. The first-order valence-corrected chi connectivity index (χ1v) is 10.3. The lowest BCUT2D eigenvalue weighted by Gasteiger charge is -2.33. The number of anilines is 1. The van der Waals surface area contributed by atoms with Crippen molar-refractivity contribution in [3.63, 3.8) is 0 Å². The average Bonchev–Trinajstić information content (AvgIpc) is 3.47. The fraction of sp³-hybridized carbons (Fsp3) is 0.167. The van der Waals surface area contributed by atoms with Crippen molar-refractivity contribution in [3.05, 3.63) is 96.2 Å². The van der Waals surface area contributed by atoms with Crippen molar-refractivity contribution in [3.8, 4) is 11.4 Å². The van der Waals surface area contributed by atoms with Crippen LogP contribution in [0.1, 0.15) is 39.1 Å². The molecule has 173 valence electrons. The molecule has 2 aromatic heterocycles. The van der Waals surface area contributed by atoms with Crippen molar-refractivity contribution in [1.82, 2.24) is 19.7 Å². The lowest BCUT2D eigenvalue weighted by Crippen LogP contribution is -2.41. The number of hydrogen-bond donors (Lipinski definition) is 1. The van der Waals surface area contributed by atoms with Crippen molar-refractivity contribution < 1.29 is 22.7 Å². The summed E-state index contributed by atoms with van der Waals surface area (Å²) in [5, 5.41) is 5.81. The second-order valence-corrected chi connectivity index (χ2v) is 7.83. The number of rotatable bonds is 4. The third-order valence-electron chi connectivity index (χ3n) is 5.92. The van der Waals surface area contributed by atoms with Crippen LogP contribution in [0.4, 0.5) is 18.9 Å². The summed E-state index contributed by atoms with van der Waals surface area (Å²) >= 11 is 0. The Bertz CT molecular complexity index is 1340. The monoisotopic (exact) mass is 466 g/mol. The van der Waals surface area contributed by atoms with Crippen molar-refractivity contribution in [2.75, 3.05) is 18.6 Å². The lowest BCUT2D eigenvalue weighted by atomic mass is 9.85. The number of nitrogens with zero attached hydrogens (tertiary/aromatic N) is 4. The quantitative estimate of drug-likeness (QED) is 0.477. The van der Waals surface area contributed by atoms with Gasteiger partial charge < -0.3 is 14.2 Å². The topological polar surface area (TPSA) is 76.0 Å². The molecular formula is C24H19F3N5O2. The van der Waals surface area contributed by atoms with Gasteiger partial charge in [0, 0.05) is 48.7 Å². The zero-order chi connectivity index (χ0) is 24.0. The summed E-state index contributed by atoms with van der Waals surface area (Å²) < 4.78 is 48.2. The van der Waals surface area contributed by atoms with Crippen LogP contribution in [-0.4, -0.2) is 39.3 Å². The van der Waals surface area contributed by atoms with Crippen molar-refractivity contribution in [1.29, 1.82) is 0 Å². The van der Waals surface area contributed by atoms with Gasteiger partial charge >= 0.3 is 6.18 Å². The summed E-state index contributed by atoms with van der Waals surface area (Å²) in [7, 11) is 1.51. The molecule has 1 amide bonds. The Balaban J connectivity index is 1.57. The lowest BCUT2D eigenvalue weighted by molar-refractivity contribution is -0.141. The smallest absolute Gasteiger partial charge is 0.435 e. The Morgan fingerprint density at radius 2 is 1.76 bits per heavy atom. The van der Waals surface area contributed by atoms with Crippen LogP contribution in [0.3, 0.4) is 0 Å². The van der Waals surface area contributed by atoms with E-state index < -0.39 is 23.7 Å². The summed E-state index contributed by atoms with van der Waals surface area (Å²) in [6.45, 7) is 3.88. The molecule has 2 aromatic carbocycles. The van der Waals surface area contributed by atoms with Gasteiger partial charge in [-0.25, -0.2) is 4.98 Å². The number of fused-ring (bicyclic) bond motifs is 1. The minimum absolute atomic E-state index is 0.0196. The molecule has 0 aliphatic carbocycles. The molecule has 7 nitrogen and oxygen atoms in total. The van der Waals surface area contributed by atoms with Gasteiger partial charge in [-0.05, 0) is 42.0 Å². The number of ether oxygens (including phenoxy) is 1. The fourth-order valence-electron chi connectivity index (χ4n) is 4.25. The van der Waals surface area contributed by atoms with Gasteiger partial charge in [0.05, 0.1) is 7.11 Å². The summed E-state index contributed by atoms with van der Waals surface area (Å²) in [6.07, 6.45) is -1.31. The number of amides is 1. The standard InChI is InChI=1S/C24H19F3N5O2/c1-14-28-11-12-31(14)16-5-7-17(8-6-16)32-13-19(15-3-9-18(34-2)10-4-15)20-21(23(32)33)29-30-22(20)24(25,26)27/h3-12,19H,1,13H2,2H3,(H,29,30). The predicted molar refractivity (Wildman–Crippen MR) is 118 cm³/mol. The van der Waals surface area contributed by atoms with Crippen LogP contribution in [0.2, 0.25) is 0 Å². The maximum absolute atomic E-state index is 13.7. The van der Waals surface area contributed by atoms with E-state index in [0.717, 1.165) is 5.69 Å². The Labute approximate surface area is 192 Å². The maximum atomic E-state index is 13.7. The van der Waals surface area contributed by atoms with E-state index in [1.54, 1.807) is 65.5 Å². The molecule has 3 heterocycles. The molecule has 0 saturated heterocycles. The van der Waals surface area contributed by atoms with E-state index in [9.17, 15) is 18.0 Å². The molecule has 5 rings (SSSR count). The Morgan fingerprint density at radius 1 is 1.09 bits per heavy atom. The number of carbonyl (C=O) groups is 1. The highest BCUT2D eigenvalue weighted by Gasteiger charge is 2.45. The molecule has 1 N–H and O–H groups in total. The molecule has 1 unspecified atom stereocenters. The van der Waals surface area contributed by atoms with E-state index >= 15 is 0 Å². The van der Waals surface area contributed by atoms with Crippen LogP contribution >= 0.6 is 0 Å². The van der Waals surface area contributed by atoms with Gasteiger partial charge in [0.25, 0.3) is 5.91 Å². The van der Waals surface area contributed by atoms with E-state index in [4.69, 9.17) is 4.74 Å². The molecule has 4 aromatic rings. The summed E-state index contributed by atoms with van der Waals surface area (Å²) in [5.41, 5.74) is 0.572. The van der Waals surface area contributed by atoms with Crippen LogP contribution < -0.4 is 9.64 Å². The molecule has 0 bridgehead atoms. The molecule has 10 heteroatoms. The number of benzene rings is 2. The molecule has 1 aliphatic rings. The van der Waals surface area contributed by atoms with Gasteiger partial charge in [-0.15, -0.1) is 0 Å². The molecule has 1 atom stereocenters. The van der Waals surface area contributed by atoms with Gasteiger partial charge in [0.1, 0.15) is 17.3 Å². The minimum Gasteiger partial charge on any atom is -0.497 e. The fourth-order valence-corrected chi connectivity index (χ4v) is 4.25. The Hall–Kier alpha value is -4.08. The van der Waals surface area contributed by atoms with E-state index in [-0.39, 0.29) is 17.8 Å². The van der Waals surface area contributed by atoms with Gasteiger partial charge in [-0.3, -0.25) is 9.89 Å². The van der Waals surface area contributed by atoms with Gasteiger partial charge in [-0.2, -0.15) is 18.3 Å². The van der Waals surface area contributed by atoms with E-state index in [2.05, 4.69) is 22.1 Å². The number of aromatic amines is 1. The third-order valence-corrected chi connectivity index (χ3v) is 5.92. The minimum atomic E-state index is -4.70. The first-order valence-electron chi connectivity index (χ1n) is 10.3. The summed E-state index contributed by atoms with van der Waals surface area (Å²) in [6, 6.07) is 13.8. The first-order chi connectivity index (χ1) is 16.3. The highest BCUT2D eigenvalue weighted by molar-refractivity contribution is 6.07. The molecule has 0 saturated carbocycles. The number of alkyl halides is 3.